The fourth-order valence-electron chi connectivity index (χ4n) is 2.22. The van der Waals surface area contributed by atoms with Gasteiger partial charge >= 0.3 is 6.03 Å². The second-order valence-corrected chi connectivity index (χ2v) is 6.07. The first-order valence-corrected chi connectivity index (χ1v) is 8.88. The number of amides is 2. The van der Waals surface area contributed by atoms with Crippen molar-refractivity contribution in [3.63, 3.8) is 0 Å². The molecule has 2 rings (SSSR count). The fraction of sp³-hybridized carbons (Fsp3) is 0.278. The zero-order valence-electron chi connectivity index (χ0n) is 14.4. The van der Waals surface area contributed by atoms with Crippen LogP contribution in [-0.4, -0.2) is 38.2 Å². The van der Waals surface area contributed by atoms with Gasteiger partial charge in [0.05, 0.1) is 20.3 Å². The minimum Gasteiger partial charge on any atom is -0.493 e. The van der Waals surface area contributed by atoms with Gasteiger partial charge in [-0.05, 0) is 36.1 Å². The van der Waals surface area contributed by atoms with Crippen molar-refractivity contribution < 1.29 is 19.4 Å². The van der Waals surface area contributed by atoms with Gasteiger partial charge in [-0.3, -0.25) is 0 Å². The van der Waals surface area contributed by atoms with Crippen LogP contribution in [0.1, 0.15) is 11.7 Å². The lowest BCUT2D eigenvalue weighted by molar-refractivity contribution is 0.175. The molecular weight excluding hydrogens is 340 g/mol. The number of urea groups is 1. The van der Waals surface area contributed by atoms with Crippen molar-refractivity contribution in [1.82, 2.24) is 5.32 Å². The quantitative estimate of drug-likeness (QED) is 0.659. The number of aliphatic hydroxyl groups is 1. The molecule has 0 aliphatic rings. The zero-order chi connectivity index (χ0) is 18.2. The Balaban J connectivity index is 1.89. The third kappa shape index (κ3) is 5.30. The van der Waals surface area contributed by atoms with Gasteiger partial charge in [-0.25, -0.2) is 4.79 Å². The minimum absolute atomic E-state index is 0.109. The Bertz CT molecular complexity index is 707. The van der Waals surface area contributed by atoms with Gasteiger partial charge in [-0.15, -0.1) is 11.8 Å². The topological polar surface area (TPSA) is 79.8 Å². The highest BCUT2D eigenvalue weighted by molar-refractivity contribution is 7.98. The first-order chi connectivity index (χ1) is 12.1. The Labute approximate surface area is 151 Å². The fourth-order valence-corrected chi connectivity index (χ4v) is 2.63. The molecule has 0 aliphatic carbocycles. The second-order valence-electron chi connectivity index (χ2n) is 5.19. The maximum atomic E-state index is 12.0. The number of carbonyl (C=O) groups is 1. The molecule has 134 valence electrons. The maximum absolute atomic E-state index is 12.0. The van der Waals surface area contributed by atoms with Crippen molar-refractivity contribution in [2.75, 3.05) is 32.3 Å². The van der Waals surface area contributed by atoms with Gasteiger partial charge in [0, 0.05) is 23.2 Å². The highest BCUT2D eigenvalue weighted by Gasteiger charge is 2.11. The van der Waals surface area contributed by atoms with Gasteiger partial charge in [0.1, 0.15) is 0 Å². The molecule has 1 atom stereocenters. The number of benzene rings is 2. The van der Waals surface area contributed by atoms with E-state index in [1.165, 1.54) is 7.11 Å². The monoisotopic (exact) mass is 362 g/mol. The molecule has 7 heteroatoms. The normalized spacial score (nSPS) is 11.5. The number of anilines is 1. The van der Waals surface area contributed by atoms with Crippen LogP contribution < -0.4 is 20.1 Å². The van der Waals surface area contributed by atoms with Crippen LogP contribution in [0.25, 0.3) is 0 Å². The van der Waals surface area contributed by atoms with Crippen LogP contribution in [0, 0.1) is 0 Å². The molecule has 0 saturated heterocycles. The third-order valence-corrected chi connectivity index (χ3v) is 4.34. The number of nitrogens with one attached hydrogen (secondary N) is 2. The summed E-state index contributed by atoms with van der Waals surface area (Å²) in [5, 5.41) is 15.5. The summed E-state index contributed by atoms with van der Waals surface area (Å²) in [6, 6.07) is 12.2. The summed E-state index contributed by atoms with van der Waals surface area (Å²) in [4.78, 5) is 13.1. The first-order valence-electron chi connectivity index (χ1n) is 7.66. The summed E-state index contributed by atoms with van der Waals surface area (Å²) in [7, 11) is 3.07. The number of aliphatic hydroxyl groups excluding tert-OH is 1. The third-order valence-electron chi connectivity index (χ3n) is 3.60. The Kier molecular flexibility index (Phi) is 6.97. The lowest BCUT2D eigenvalue weighted by Gasteiger charge is -2.14. The SMILES string of the molecule is COc1ccc(NC(=O)NCC(O)c2ccc(SC)cc2)cc1OC. The van der Waals surface area contributed by atoms with E-state index in [-0.39, 0.29) is 6.54 Å². The van der Waals surface area contributed by atoms with E-state index in [9.17, 15) is 9.90 Å². The highest BCUT2D eigenvalue weighted by atomic mass is 32.2. The van der Waals surface area contributed by atoms with Gasteiger partial charge < -0.3 is 25.2 Å². The van der Waals surface area contributed by atoms with E-state index in [0.717, 1.165) is 10.5 Å². The van der Waals surface area contributed by atoms with E-state index in [0.29, 0.717) is 17.2 Å². The summed E-state index contributed by atoms with van der Waals surface area (Å²) in [5.41, 5.74) is 1.32. The number of carbonyl (C=O) groups excluding carboxylic acids is 1. The van der Waals surface area contributed by atoms with Gasteiger partial charge in [0.15, 0.2) is 11.5 Å². The maximum Gasteiger partial charge on any atom is 0.319 e. The van der Waals surface area contributed by atoms with Gasteiger partial charge in [-0.1, -0.05) is 12.1 Å². The summed E-state index contributed by atoms with van der Waals surface area (Å²) >= 11 is 1.63. The lowest BCUT2D eigenvalue weighted by atomic mass is 10.1. The van der Waals surface area contributed by atoms with Gasteiger partial charge in [0.25, 0.3) is 0 Å². The number of rotatable bonds is 7. The molecule has 2 amide bonds. The van der Waals surface area contributed by atoms with Crippen molar-refractivity contribution in [2.24, 2.45) is 0 Å². The lowest BCUT2D eigenvalue weighted by Crippen LogP contribution is -2.32. The number of thioether (sulfide) groups is 1. The predicted molar refractivity (Wildman–Crippen MR) is 99.8 cm³/mol. The molecular formula is C18H22N2O4S. The average molecular weight is 362 g/mol. The molecule has 25 heavy (non-hydrogen) atoms. The van der Waals surface area contributed by atoms with Crippen LogP contribution in [0.4, 0.5) is 10.5 Å². The van der Waals surface area contributed by atoms with Crippen LogP contribution >= 0.6 is 11.8 Å². The number of methoxy groups -OCH3 is 2. The van der Waals surface area contributed by atoms with E-state index in [2.05, 4.69) is 10.6 Å². The molecule has 0 heterocycles. The number of hydrogen-bond donors (Lipinski definition) is 3. The van der Waals surface area contributed by atoms with Crippen LogP contribution in [-0.2, 0) is 0 Å². The Morgan fingerprint density at radius 2 is 1.80 bits per heavy atom. The predicted octanol–water partition coefficient (Wildman–Crippen LogP) is 3.28. The molecule has 0 saturated carbocycles. The Hall–Kier alpha value is -2.38. The van der Waals surface area contributed by atoms with E-state index in [4.69, 9.17) is 9.47 Å². The molecule has 0 radical (unpaired) electrons. The van der Waals surface area contributed by atoms with E-state index < -0.39 is 12.1 Å². The molecule has 1 unspecified atom stereocenters. The Morgan fingerprint density at radius 3 is 2.40 bits per heavy atom. The first kappa shape index (κ1) is 19.0. The zero-order valence-corrected chi connectivity index (χ0v) is 15.2. The second kappa shape index (κ2) is 9.19. The van der Waals surface area contributed by atoms with Gasteiger partial charge in [-0.2, -0.15) is 0 Å². The molecule has 0 aromatic heterocycles. The van der Waals surface area contributed by atoms with E-state index in [1.807, 2.05) is 30.5 Å². The number of hydrogen-bond acceptors (Lipinski definition) is 5. The van der Waals surface area contributed by atoms with E-state index >= 15 is 0 Å². The highest BCUT2D eigenvalue weighted by Crippen LogP contribution is 2.29. The summed E-state index contributed by atoms with van der Waals surface area (Å²) in [6.45, 7) is 0.109. The van der Waals surface area contributed by atoms with Crippen molar-refractivity contribution in [1.29, 1.82) is 0 Å². The average Bonchev–Trinajstić information content (AvgIpc) is 2.66. The molecule has 2 aromatic carbocycles. The largest absolute Gasteiger partial charge is 0.493 e. The standard InChI is InChI=1S/C18H22N2O4S/c1-23-16-9-6-13(10-17(16)24-2)20-18(22)19-11-15(21)12-4-7-14(25-3)8-5-12/h4-10,15,21H,11H2,1-3H3,(H2,19,20,22). The molecule has 0 bridgehead atoms. The van der Waals surface area contributed by atoms with Crippen molar-refractivity contribution in [3.05, 3.63) is 48.0 Å². The van der Waals surface area contributed by atoms with Crippen molar-refractivity contribution >= 4 is 23.5 Å². The van der Waals surface area contributed by atoms with Crippen molar-refractivity contribution in [2.45, 2.75) is 11.0 Å². The van der Waals surface area contributed by atoms with Crippen molar-refractivity contribution in [3.8, 4) is 11.5 Å². The van der Waals surface area contributed by atoms with E-state index in [1.54, 1.807) is 37.1 Å². The van der Waals surface area contributed by atoms with Crippen LogP contribution in [0.5, 0.6) is 11.5 Å². The molecule has 6 nitrogen and oxygen atoms in total. The Morgan fingerprint density at radius 1 is 1.12 bits per heavy atom. The van der Waals surface area contributed by atoms with Crippen LogP contribution in [0.15, 0.2) is 47.4 Å². The summed E-state index contributed by atoms with van der Waals surface area (Å²) in [6.07, 6.45) is 1.22. The number of ether oxygens (including phenoxy) is 2. The summed E-state index contributed by atoms with van der Waals surface area (Å²) in [5.74, 6) is 1.10. The minimum atomic E-state index is -0.771. The summed E-state index contributed by atoms with van der Waals surface area (Å²) < 4.78 is 10.3. The van der Waals surface area contributed by atoms with Crippen LogP contribution in [0.3, 0.4) is 0 Å². The molecule has 3 N–H and O–H groups in total. The molecule has 0 aliphatic heterocycles. The van der Waals surface area contributed by atoms with Crippen LogP contribution in [0.2, 0.25) is 0 Å². The molecule has 2 aromatic rings. The molecule has 0 spiro atoms. The smallest absolute Gasteiger partial charge is 0.319 e. The van der Waals surface area contributed by atoms with Gasteiger partial charge in [0.2, 0.25) is 0 Å². The molecule has 0 fully saturated rings.